The Hall–Kier alpha value is -2.29. The molecule has 28 heavy (non-hydrogen) atoms. The van der Waals surface area contributed by atoms with E-state index in [1.165, 1.54) is 4.90 Å². The predicted molar refractivity (Wildman–Crippen MR) is 103 cm³/mol. The number of nitrogens with zero attached hydrogens (tertiary/aromatic N) is 2. The molecule has 9 heteroatoms. The highest BCUT2D eigenvalue weighted by Crippen LogP contribution is 2.28. The molecular formula is C19H23BrN2O6. The average molecular weight is 455 g/mol. The largest absolute Gasteiger partial charge is 0.496 e. The van der Waals surface area contributed by atoms with Gasteiger partial charge in [-0.05, 0) is 53.9 Å². The molecule has 1 aromatic rings. The summed E-state index contributed by atoms with van der Waals surface area (Å²) in [4.78, 5) is 40.3. The predicted octanol–water partition coefficient (Wildman–Crippen LogP) is 2.45. The summed E-state index contributed by atoms with van der Waals surface area (Å²) in [6.07, 6.45) is 0.657. The molecule has 0 aliphatic carbocycles. The van der Waals surface area contributed by atoms with Crippen LogP contribution in [0, 0.1) is 0 Å². The maximum absolute atomic E-state index is 12.8. The highest BCUT2D eigenvalue weighted by molar-refractivity contribution is 9.10. The summed E-state index contributed by atoms with van der Waals surface area (Å²) in [7, 11) is 1.57. The number of benzene rings is 1. The number of hydrogen-bond acceptors (Lipinski definition) is 6. The summed E-state index contributed by atoms with van der Waals surface area (Å²) in [5.74, 6) is 0.135. The second-order valence-corrected chi connectivity index (χ2v) is 7.48. The summed E-state index contributed by atoms with van der Waals surface area (Å²) < 4.78 is 16.0. The van der Waals surface area contributed by atoms with E-state index in [-0.39, 0.29) is 25.2 Å². The summed E-state index contributed by atoms with van der Waals surface area (Å²) in [5.41, 5.74) is 0.566. The van der Waals surface area contributed by atoms with Crippen LogP contribution in [-0.4, -0.2) is 73.3 Å². The minimum absolute atomic E-state index is 0.0106. The van der Waals surface area contributed by atoms with Gasteiger partial charge in [0.1, 0.15) is 12.4 Å². The molecule has 1 atom stereocenters. The number of carbonyl (C=O) groups excluding carboxylic acids is 3. The number of cyclic esters (lactones) is 1. The van der Waals surface area contributed by atoms with E-state index < -0.39 is 18.1 Å². The molecule has 2 saturated heterocycles. The van der Waals surface area contributed by atoms with Crippen LogP contribution in [0.25, 0.3) is 0 Å². The number of rotatable bonds is 5. The molecule has 3 rings (SSSR count). The van der Waals surface area contributed by atoms with Gasteiger partial charge in [0.25, 0.3) is 5.91 Å². The van der Waals surface area contributed by atoms with Gasteiger partial charge >= 0.3 is 12.1 Å². The van der Waals surface area contributed by atoms with E-state index in [2.05, 4.69) is 15.9 Å². The second kappa shape index (κ2) is 8.81. The molecule has 0 spiro atoms. The van der Waals surface area contributed by atoms with Crippen LogP contribution < -0.4 is 4.74 Å². The van der Waals surface area contributed by atoms with Gasteiger partial charge < -0.3 is 19.1 Å². The van der Waals surface area contributed by atoms with Crippen LogP contribution in [-0.2, 0) is 14.3 Å². The number of halogens is 1. The molecule has 2 amide bonds. The van der Waals surface area contributed by atoms with Crippen molar-refractivity contribution in [3.8, 4) is 5.75 Å². The van der Waals surface area contributed by atoms with Crippen molar-refractivity contribution < 1.29 is 28.6 Å². The molecule has 0 aromatic heterocycles. The lowest BCUT2D eigenvalue weighted by Crippen LogP contribution is -2.52. The van der Waals surface area contributed by atoms with E-state index in [0.29, 0.717) is 41.7 Å². The van der Waals surface area contributed by atoms with Crippen molar-refractivity contribution in [2.24, 2.45) is 0 Å². The summed E-state index contributed by atoms with van der Waals surface area (Å²) in [5, 5.41) is 0. The first-order valence-corrected chi connectivity index (χ1v) is 10.00. The standard InChI is InChI=1S/C19H23BrN2O6/c1-3-27-18(24)15-11-28-19(25)22(15)13-6-8-21(9-7-13)17(23)12-4-5-16(26-2)14(20)10-12/h4-5,10,13,15H,3,6-9,11H2,1-2H3. The minimum atomic E-state index is -0.711. The van der Waals surface area contributed by atoms with Gasteiger partial charge in [0.15, 0.2) is 6.04 Å². The van der Waals surface area contributed by atoms with Crippen molar-refractivity contribution in [3.05, 3.63) is 28.2 Å². The number of hydrogen-bond donors (Lipinski definition) is 0. The van der Waals surface area contributed by atoms with Crippen LogP contribution in [0.15, 0.2) is 22.7 Å². The van der Waals surface area contributed by atoms with E-state index in [4.69, 9.17) is 14.2 Å². The quantitative estimate of drug-likeness (QED) is 0.635. The van der Waals surface area contributed by atoms with Crippen LogP contribution in [0.3, 0.4) is 0 Å². The number of amides is 2. The molecule has 0 bridgehead atoms. The fourth-order valence-corrected chi connectivity index (χ4v) is 4.13. The minimum Gasteiger partial charge on any atom is -0.496 e. The monoisotopic (exact) mass is 454 g/mol. The van der Waals surface area contributed by atoms with Crippen LogP contribution in [0.5, 0.6) is 5.75 Å². The third kappa shape index (κ3) is 4.09. The fourth-order valence-electron chi connectivity index (χ4n) is 3.59. The summed E-state index contributed by atoms with van der Waals surface area (Å²) in [6.45, 7) is 2.97. The van der Waals surface area contributed by atoms with Gasteiger partial charge in [0.05, 0.1) is 18.2 Å². The number of ether oxygens (including phenoxy) is 3. The topological polar surface area (TPSA) is 85.4 Å². The molecular weight excluding hydrogens is 432 g/mol. The Balaban J connectivity index is 1.63. The Labute approximate surface area is 171 Å². The van der Waals surface area contributed by atoms with Crippen molar-refractivity contribution in [2.45, 2.75) is 31.8 Å². The van der Waals surface area contributed by atoms with E-state index in [0.717, 1.165) is 0 Å². The van der Waals surface area contributed by atoms with Crippen molar-refractivity contribution in [1.82, 2.24) is 9.80 Å². The molecule has 0 N–H and O–H groups in total. The van der Waals surface area contributed by atoms with E-state index in [1.54, 1.807) is 37.1 Å². The zero-order valence-electron chi connectivity index (χ0n) is 15.9. The molecule has 2 heterocycles. The third-order valence-corrected chi connectivity index (χ3v) is 5.63. The summed E-state index contributed by atoms with van der Waals surface area (Å²) >= 11 is 3.40. The van der Waals surface area contributed by atoms with Gasteiger partial charge in [-0.25, -0.2) is 9.59 Å². The van der Waals surface area contributed by atoms with Crippen LogP contribution in [0.4, 0.5) is 4.79 Å². The van der Waals surface area contributed by atoms with Gasteiger partial charge in [0, 0.05) is 24.7 Å². The van der Waals surface area contributed by atoms with Crippen molar-refractivity contribution >= 4 is 33.9 Å². The lowest BCUT2D eigenvalue weighted by Gasteiger charge is -2.37. The molecule has 8 nitrogen and oxygen atoms in total. The van der Waals surface area contributed by atoms with Crippen LogP contribution >= 0.6 is 15.9 Å². The lowest BCUT2D eigenvalue weighted by atomic mass is 10.0. The molecule has 0 saturated carbocycles. The first kappa shape index (κ1) is 20.4. The SMILES string of the molecule is CCOC(=O)C1COC(=O)N1C1CCN(C(=O)c2ccc(OC)c(Br)c2)CC1. The van der Waals surface area contributed by atoms with Gasteiger partial charge in [-0.3, -0.25) is 9.69 Å². The van der Waals surface area contributed by atoms with Crippen molar-refractivity contribution in [1.29, 1.82) is 0 Å². The zero-order chi connectivity index (χ0) is 20.3. The van der Waals surface area contributed by atoms with E-state index >= 15 is 0 Å². The molecule has 2 aliphatic rings. The van der Waals surface area contributed by atoms with Crippen LogP contribution in [0.2, 0.25) is 0 Å². The smallest absolute Gasteiger partial charge is 0.410 e. The molecule has 2 aliphatic heterocycles. The van der Waals surface area contributed by atoms with E-state index in [1.807, 2.05) is 0 Å². The number of carbonyl (C=O) groups is 3. The normalized spacial score (nSPS) is 20.1. The fraction of sp³-hybridized carbons (Fsp3) is 0.526. The van der Waals surface area contributed by atoms with Gasteiger partial charge in [0.2, 0.25) is 0 Å². The number of esters is 1. The molecule has 1 unspecified atom stereocenters. The first-order valence-electron chi connectivity index (χ1n) is 9.20. The highest BCUT2D eigenvalue weighted by atomic mass is 79.9. The van der Waals surface area contributed by atoms with Gasteiger partial charge in [-0.1, -0.05) is 0 Å². The number of methoxy groups -OCH3 is 1. The Morgan fingerprint density at radius 1 is 1.29 bits per heavy atom. The second-order valence-electron chi connectivity index (χ2n) is 6.62. The number of likely N-dealkylation sites (tertiary alicyclic amines) is 1. The Bertz CT molecular complexity index is 763. The van der Waals surface area contributed by atoms with Crippen molar-refractivity contribution in [3.63, 3.8) is 0 Å². The molecule has 152 valence electrons. The third-order valence-electron chi connectivity index (χ3n) is 5.01. The van der Waals surface area contributed by atoms with Gasteiger partial charge in [-0.15, -0.1) is 0 Å². The first-order chi connectivity index (χ1) is 13.5. The van der Waals surface area contributed by atoms with E-state index in [9.17, 15) is 14.4 Å². The maximum atomic E-state index is 12.8. The molecule has 1 aromatic carbocycles. The Morgan fingerprint density at radius 2 is 2.00 bits per heavy atom. The van der Waals surface area contributed by atoms with Gasteiger partial charge in [-0.2, -0.15) is 0 Å². The molecule has 2 fully saturated rings. The average Bonchev–Trinajstić information content (AvgIpc) is 3.09. The summed E-state index contributed by atoms with van der Waals surface area (Å²) in [6, 6.07) is 4.34. The van der Waals surface area contributed by atoms with Crippen LogP contribution in [0.1, 0.15) is 30.1 Å². The number of piperidine rings is 1. The zero-order valence-corrected chi connectivity index (χ0v) is 17.4. The Kier molecular flexibility index (Phi) is 6.43. The highest BCUT2D eigenvalue weighted by Gasteiger charge is 2.44. The molecule has 0 radical (unpaired) electrons. The van der Waals surface area contributed by atoms with Crippen molar-refractivity contribution in [2.75, 3.05) is 33.4 Å². The Morgan fingerprint density at radius 3 is 2.61 bits per heavy atom. The lowest BCUT2D eigenvalue weighted by molar-refractivity contribution is -0.148. The maximum Gasteiger partial charge on any atom is 0.410 e.